The summed E-state index contributed by atoms with van der Waals surface area (Å²) in [4.78, 5) is 0. The van der Waals surface area contributed by atoms with E-state index in [-0.39, 0.29) is 0 Å². The first kappa shape index (κ1) is 13.8. The zero-order chi connectivity index (χ0) is 11.8. The van der Waals surface area contributed by atoms with Gasteiger partial charge in [0.2, 0.25) is 0 Å². The molecular formula is C13H26N2S. The summed E-state index contributed by atoms with van der Waals surface area (Å²) in [6.07, 6.45) is 9.35. The third-order valence-corrected chi connectivity index (χ3v) is 3.79. The molecule has 0 radical (unpaired) electrons. The number of unbranched alkanes of at least 4 members (excludes halogenated alkanes) is 1. The van der Waals surface area contributed by atoms with Gasteiger partial charge in [-0.2, -0.15) is 0 Å². The van der Waals surface area contributed by atoms with Gasteiger partial charge in [-0.15, -0.1) is 0 Å². The molecule has 94 valence electrons. The van der Waals surface area contributed by atoms with Crippen molar-refractivity contribution in [3.05, 3.63) is 0 Å². The molecule has 0 heterocycles. The Hall–Kier alpha value is -0.310. The van der Waals surface area contributed by atoms with Gasteiger partial charge >= 0.3 is 0 Å². The van der Waals surface area contributed by atoms with Crippen molar-refractivity contribution in [1.82, 2.24) is 10.6 Å². The van der Waals surface area contributed by atoms with E-state index < -0.39 is 0 Å². The van der Waals surface area contributed by atoms with Crippen LogP contribution < -0.4 is 10.6 Å². The number of rotatable bonds is 5. The third kappa shape index (κ3) is 5.15. The first-order chi connectivity index (χ1) is 7.74. The summed E-state index contributed by atoms with van der Waals surface area (Å²) in [6.45, 7) is 5.46. The standard InChI is InChI=1S/C13H26N2S/c1-3-4-10-14-13(16)15-11(2)12-8-6-5-7-9-12/h11-12H,3-10H2,1-2H3,(H2,14,15,16). The number of hydrogen-bond donors (Lipinski definition) is 2. The highest BCUT2D eigenvalue weighted by molar-refractivity contribution is 7.80. The van der Waals surface area contributed by atoms with Gasteiger partial charge in [0.15, 0.2) is 5.11 Å². The van der Waals surface area contributed by atoms with E-state index in [1.165, 1.54) is 44.9 Å². The molecule has 2 N–H and O–H groups in total. The molecule has 0 aromatic carbocycles. The quantitative estimate of drug-likeness (QED) is 0.572. The highest BCUT2D eigenvalue weighted by Gasteiger charge is 2.20. The molecule has 1 atom stereocenters. The minimum Gasteiger partial charge on any atom is -0.363 e. The highest BCUT2D eigenvalue weighted by atomic mass is 32.1. The van der Waals surface area contributed by atoms with Gasteiger partial charge in [-0.1, -0.05) is 32.6 Å². The number of thiocarbonyl (C=S) groups is 1. The fourth-order valence-corrected chi connectivity index (χ4v) is 2.68. The van der Waals surface area contributed by atoms with Crippen LogP contribution in [0.25, 0.3) is 0 Å². The van der Waals surface area contributed by atoms with Crippen LogP contribution in [-0.2, 0) is 0 Å². The van der Waals surface area contributed by atoms with Crippen LogP contribution in [0.15, 0.2) is 0 Å². The lowest BCUT2D eigenvalue weighted by molar-refractivity contribution is 0.301. The molecule has 0 amide bonds. The fraction of sp³-hybridized carbons (Fsp3) is 0.923. The second-order valence-corrected chi connectivity index (χ2v) is 5.35. The van der Waals surface area contributed by atoms with Crippen LogP contribution in [0, 0.1) is 5.92 Å². The highest BCUT2D eigenvalue weighted by Crippen LogP contribution is 2.26. The molecule has 1 rings (SSSR count). The Bertz CT molecular complexity index is 200. The Labute approximate surface area is 106 Å². The van der Waals surface area contributed by atoms with E-state index in [0.717, 1.165) is 17.6 Å². The molecule has 0 bridgehead atoms. The molecular weight excluding hydrogens is 216 g/mol. The average molecular weight is 242 g/mol. The Kier molecular flexibility index (Phi) is 6.78. The van der Waals surface area contributed by atoms with Crippen LogP contribution in [0.5, 0.6) is 0 Å². The van der Waals surface area contributed by atoms with Crippen molar-refractivity contribution in [2.24, 2.45) is 5.92 Å². The van der Waals surface area contributed by atoms with Crippen LogP contribution in [0.4, 0.5) is 0 Å². The topological polar surface area (TPSA) is 24.1 Å². The van der Waals surface area contributed by atoms with Crippen LogP contribution >= 0.6 is 12.2 Å². The van der Waals surface area contributed by atoms with Gasteiger partial charge in [0.25, 0.3) is 0 Å². The molecule has 0 aromatic heterocycles. The van der Waals surface area contributed by atoms with Gasteiger partial charge in [0, 0.05) is 12.6 Å². The Balaban J connectivity index is 2.16. The predicted octanol–water partition coefficient (Wildman–Crippen LogP) is 3.22. The van der Waals surface area contributed by atoms with Crippen molar-refractivity contribution in [3.63, 3.8) is 0 Å². The molecule has 0 aliphatic heterocycles. The normalized spacial score (nSPS) is 19.1. The fourth-order valence-electron chi connectivity index (χ4n) is 2.39. The van der Waals surface area contributed by atoms with Crippen molar-refractivity contribution < 1.29 is 0 Å². The molecule has 1 unspecified atom stereocenters. The summed E-state index contributed by atoms with van der Waals surface area (Å²) in [5, 5.41) is 7.54. The first-order valence-electron chi connectivity index (χ1n) is 6.78. The third-order valence-electron chi connectivity index (χ3n) is 3.53. The summed E-state index contributed by atoms with van der Waals surface area (Å²) in [5.41, 5.74) is 0. The van der Waals surface area contributed by atoms with E-state index in [1.807, 2.05) is 0 Å². The van der Waals surface area contributed by atoms with Gasteiger partial charge in [-0.3, -0.25) is 0 Å². The maximum atomic E-state index is 5.29. The molecule has 1 aliphatic rings. The van der Waals surface area contributed by atoms with E-state index in [2.05, 4.69) is 24.5 Å². The predicted molar refractivity (Wildman–Crippen MR) is 74.7 cm³/mol. The summed E-state index contributed by atoms with van der Waals surface area (Å²) < 4.78 is 0. The lowest BCUT2D eigenvalue weighted by atomic mass is 9.85. The zero-order valence-electron chi connectivity index (χ0n) is 10.7. The lowest BCUT2D eigenvalue weighted by Gasteiger charge is -2.29. The smallest absolute Gasteiger partial charge is 0.166 e. The molecule has 1 saturated carbocycles. The molecule has 2 nitrogen and oxygen atoms in total. The molecule has 0 aromatic rings. The summed E-state index contributed by atoms with van der Waals surface area (Å²) in [6, 6.07) is 0.530. The van der Waals surface area contributed by atoms with Gasteiger partial charge in [-0.25, -0.2) is 0 Å². The number of nitrogens with one attached hydrogen (secondary N) is 2. The monoisotopic (exact) mass is 242 g/mol. The van der Waals surface area contributed by atoms with Crippen LogP contribution in [-0.4, -0.2) is 17.7 Å². The largest absolute Gasteiger partial charge is 0.363 e. The summed E-state index contributed by atoms with van der Waals surface area (Å²) >= 11 is 5.29. The second-order valence-electron chi connectivity index (χ2n) is 4.94. The van der Waals surface area contributed by atoms with Gasteiger partial charge in [0.05, 0.1) is 0 Å². The van der Waals surface area contributed by atoms with E-state index in [1.54, 1.807) is 0 Å². The minimum atomic E-state index is 0.530. The Morgan fingerprint density at radius 1 is 1.31 bits per heavy atom. The summed E-state index contributed by atoms with van der Waals surface area (Å²) in [7, 11) is 0. The first-order valence-corrected chi connectivity index (χ1v) is 7.19. The molecule has 1 fully saturated rings. The van der Waals surface area contributed by atoms with Crippen molar-refractivity contribution in [2.45, 2.75) is 64.8 Å². The van der Waals surface area contributed by atoms with Crippen LogP contribution in [0.1, 0.15) is 58.8 Å². The average Bonchev–Trinajstić information content (AvgIpc) is 2.30. The minimum absolute atomic E-state index is 0.530. The number of hydrogen-bond acceptors (Lipinski definition) is 1. The Morgan fingerprint density at radius 3 is 2.62 bits per heavy atom. The molecule has 1 aliphatic carbocycles. The van der Waals surface area contributed by atoms with Crippen LogP contribution in [0.2, 0.25) is 0 Å². The molecule has 16 heavy (non-hydrogen) atoms. The lowest BCUT2D eigenvalue weighted by Crippen LogP contribution is -2.44. The van der Waals surface area contributed by atoms with Crippen molar-refractivity contribution in [3.8, 4) is 0 Å². The molecule has 3 heteroatoms. The second kappa shape index (κ2) is 7.88. The van der Waals surface area contributed by atoms with Gasteiger partial charge in [0.1, 0.15) is 0 Å². The van der Waals surface area contributed by atoms with E-state index in [0.29, 0.717) is 6.04 Å². The maximum Gasteiger partial charge on any atom is 0.166 e. The molecule has 0 spiro atoms. The van der Waals surface area contributed by atoms with E-state index >= 15 is 0 Å². The van der Waals surface area contributed by atoms with Crippen LogP contribution in [0.3, 0.4) is 0 Å². The van der Waals surface area contributed by atoms with Crippen molar-refractivity contribution >= 4 is 17.3 Å². The van der Waals surface area contributed by atoms with Crippen molar-refractivity contribution in [1.29, 1.82) is 0 Å². The zero-order valence-corrected chi connectivity index (χ0v) is 11.5. The Morgan fingerprint density at radius 2 is 2.00 bits per heavy atom. The molecule has 0 saturated heterocycles. The van der Waals surface area contributed by atoms with E-state index in [9.17, 15) is 0 Å². The SMILES string of the molecule is CCCCNC(=S)NC(C)C1CCCCC1. The summed E-state index contributed by atoms with van der Waals surface area (Å²) in [5.74, 6) is 0.819. The van der Waals surface area contributed by atoms with Crippen molar-refractivity contribution in [2.75, 3.05) is 6.54 Å². The van der Waals surface area contributed by atoms with E-state index in [4.69, 9.17) is 12.2 Å². The van der Waals surface area contributed by atoms with Gasteiger partial charge in [-0.05, 0) is 44.3 Å². The maximum absolute atomic E-state index is 5.29. The van der Waals surface area contributed by atoms with Gasteiger partial charge < -0.3 is 10.6 Å².